The van der Waals surface area contributed by atoms with Crippen molar-refractivity contribution in [2.45, 2.75) is 69.2 Å². The fraction of sp³-hybridized carbons (Fsp3) is 0.524. The lowest BCUT2D eigenvalue weighted by Crippen LogP contribution is -2.47. The molecule has 1 atom stereocenters. The molecule has 29 heavy (non-hydrogen) atoms. The zero-order valence-electron chi connectivity index (χ0n) is 17.3. The molecule has 1 heterocycles. The van der Waals surface area contributed by atoms with Crippen molar-refractivity contribution in [3.63, 3.8) is 0 Å². The van der Waals surface area contributed by atoms with Crippen molar-refractivity contribution < 1.29 is 13.2 Å². The molecule has 7 nitrogen and oxygen atoms in total. The number of amides is 2. The summed E-state index contributed by atoms with van der Waals surface area (Å²) in [5.41, 5.74) is 0.407. The van der Waals surface area contributed by atoms with Gasteiger partial charge in [0.05, 0.1) is 22.5 Å². The molecule has 0 unspecified atom stereocenters. The summed E-state index contributed by atoms with van der Waals surface area (Å²) in [5, 5.41) is 5.54. The van der Waals surface area contributed by atoms with E-state index in [0.717, 1.165) is 25.7 Å². The molecular formula is C21H30N4O3S. The molecule has 0 radical (unpaired) electrons. The van der Waals surface area contributed by atoms with Crippen molar-refractivity contribution in [3.05, 3.63) is 43.0 Å². The van der Waals surface area contributed by atoms with Crippen LogP contribution in [0.5, 0.6) is 0 Å². The number of anilines is 1. The second kappa shape index (κ2) is 8.57. The number of imidazole rings is 1. The quantitative estimate of drug-likeness (QED) is 0.745. The number of nitrogens with one attached hydrogen (secondary N) is 2. The van der Waals surface area contributed by atoms with Gasteiger partial charge in [-0.3, -0.25) is 0 Å². The fourth-order valence-corrected chi connectivity index (χ4v) is 5.44. The van der Waals surface area contributed by atoms with Crippen LogP contribution >= 0.6 is 0 Å². The molecule has 0 bridgehead atoms. The summed E-state index contributed by atoms with van der Waals surface area (Å²) in [4.78, 5) is 16.9. The highest BCUT2D eigenvalue weighted by Crippen LogP contribution is 2.30. The maximum absolute atomic E-state index is 12.7. The van der Waals surface area contributed by atoms with E-state index < -0.39 is 9.84 Å². The molecule has 2 N–H and O–H groups in total. The van der Waals surface area contributed by atoms with Gasteiger partial charge in [-0.25, -0.2) is 18.2 Å². The minimum atomic E-state index is -3.29. The van der Waals surface area contributed by atoms with Gasteiger partial charge in [0, 0.05) is 24.6 Å². The van der Waals surface area contributed by atoms with Gasteiger partial charge < -0.3 is 15.2 Å². The first-order valence-electron chi connectivity index (χ1n) is 10.0. The molecule has 3 rings (SSSR count). The lowest BCUT2D eigenvalue weighted by molar-refractivity contribution is 0.219. The van der Waals surface area contributed by atoms with Crippen LogP contribution in [0.4, 0.5) is 10.5 Å². The first-order valence-corrected chi connectivity index (χ1v) is 11.6. The normalized spacial score (nSPS) is 16.5. The SMILES string of the molecule is CC(C)(C)[C@@H](Cn1ccnc1)NC(=O)Nc1ccc(S(=O)(=O)C2CCCC2)cc1. The van der Waals surface area contributed by atoms with Crippen LogP contribution in [0.2, 0.25) is 0 Å². The molecule has 8 heteroatoms. The monoisotopic (exact) mass is 418 g/mol. The van der Waals surface area contributed by atoms with Crippen LogP contribution in [0.3, 0.4) is 0 Å². The third-order valence-corrected chi connectivity index (χ3v) is 7.76. The van der Waals surface area contributed by atoms with Crippen molar-refractivity contribution in [1.82, 2.24) is 14.9 Å². The van der Waals surface area contributed by atoms with Crippen LogP contribution in [-0.2, 0) is 16.4 Å². The Morgan fingerprint density at radius 3 is 2.41 bits per heavy atom. The van der Waals surface area contributed by atoms with E-state index in [1.165, 1.54) is 0 Å². The molecule has 1 aliphatic rings. The van der Waals surface area contributed by atoms with E-state index in [4.69, 9.17) is 0 Å². The summed E-state index contributed by atoms with van der Waals surface area (Å²) in [6.07, 6.45) is 8.70. The molecule has 0 saturated heterocycles. The summed E-state index contributed by atoms with van der Waals surface area (Å²) < 4.78 is 27.3. The van der Waals surface area contributed by atoms with Crippen LogP contribution in [0.25, 0.3) is 0 Å². The maximum Gasteiger partial charge on any atom is 0.319 e. The standard InChI is InChI=1S/C21H30N4O3S/c1-21(2,3)19(14-25-13-12-22-15-25)24-20(26)23-16-8-10-18(11-9-16)29(27,28)17-6-4-5-7-17/h8-13,15,17,19H,4-7,14H2,1-3H3,(H2,23,24,26)/t19-/m1/s1. The Hall–Kier alpha value is -2.35. The lowest BCUT2D eigenvalue weighted by Gasteiger charge is -2.31. The molecule has 1 saturated carbocycles. The van der Waals surface area contributed by atoms with Gasteiger partial charge in [-0.2, -0.15) is 0 Å². The maximum atomic E-state index is 12.7. The van der Waals surface area contributed by atoms with E-state index in [0.29, 0.717) is 17.1 Å². The first-order chi connectivity index (χ1) is 13.7. The second-order valence-corrected chi connectivity index (χ2v) is 11.0. The second-order valence-electron chi connectivity index (χ2n) is 8.75. The predicted octanol–water partition coefficient (Wildman–Crippen LogP) is 3.84. The van der Waals surface area contributed by atoms with E-state index in [2.05, 4.69) is 36.4 Å². The van der Waals surface area contributed by atoms with Crippen molar-refractivity contribution in [3.8, 4) is 0 Å². The zero-order chi connectivity index (χ0) is 21.1. The number of urea groups is 1. The van der Waals surface area contributed by atoms with E-state index >= 15 is 0 Å². The summed E-state index contributed by atoms with van der Waals surface area (Å²) in [6, 6.07) is 6.01. The van der Waals surface area contributed by atoms with Gasteiger partial charge in [-0.15, -0.1) is 0 Å². The predicted molar refractivity (Wildman–Crippen MR) is 114 cm³/mol. The van der Waals surface area contributed by atoms with E-state index in [9.17, 15) is 13.2 Å². The Kier molecular flexibility index (Phi) is 6.31. The van der Waals surface area contributed by atoms with Crippen LogP contribution < -0.4 is 10.6 Å². The van der Waals surface area contributed by atoms with Crippen molar-refractivity contribution in [2.75, 3.05) is 5.32 Å². The highest BCUT2D eigenvalue weighted by Gasteiger charge is 2.30. The van der Waals surface area contributed by atoms with Crippen molar-refractivity contribution in [2.24, 2.45) is 5.41 Å². The molecule has 2 aromatic rings. The van der Waals surface area contributed by atoms with Crippen molar-refractivity contribution in [1.29, 1.82) is 0 Å². The number of sulfone groups is 1. The van der Waals surface area contributed by atoms with Gasteiger partial charge in [0.2, 0.25) is 0 Å². The Morgan fingerprint density at radius 2 is 1.86 bits per heavy atom. The fourth-order valence-electron chi connectivity index (χ4n) is 3.59. The summed E-state index contributed by atoms with van der Waals surface area (Å²) in [7, 11) is -3.29. The van der Waals surface area contributed by atoms with Gasteiger partial charge in [0.1, 0.15) is 0 Å². The molecule has 2 amide bonds. The molecular weight excluding hydrogens is 388 g/mol. The van der Waals surface area contributed by atoms with E-state index in [-0.39, 0.29) is 22.7 Å². The molecule has 1 fully saturated rings. The van der Waals surface area contributed by atoms with Gasteiger partial charge >= 0.3 is 6.03 Å². The topological polar surface area (TPSA) is 93.1 Å². The number of hydrogen-bond acceptors (Lipinski definition) is 4. The molecule has 1 aromatic carbocycles. The van der Waals surface area contributed by atoms with Crippen LogP contribution in [0.15, 0.2) is 47.9 Å². The third kappa shape index (κ3) is 5.38. The van der Waals surface area contributed by atoms with Crippen LogP contribution in [0, 0.1) is 5.41 Å². The van der Waals surface area contributed by atoms with Crippen LogP contribution in [-0.4, -0.2) is 35.3 Å². The highest BCUT2D eigenvalue weighted by atomic mass is 32.2. The van der Waals surface area contributed by atoms with E-state index in [1.54, 1.807) is 36.8 Å². The van der Waals surface area contributed by atoms with Gasteiger partial charge in [0.25, 0.3) is 0 Å². The average molecular weight is 419 g/mol. The number of benzene rings is 1. The number of carbonyl (C=O) groups excluding carboxylic acids is 1. The summed E-state index contributed by atoms with van der Waals surface area (Å²) >= 11 is 0. The molecule has 0 aliphatic heterocycles. The molecule has 1 aliphatic carbocycles. The lowest BCUT2D eigenvalue weighted by atomic mass is 9.86. The Balaban J connectivity index is 1.63. The smallest absolute Gasteiger partial charge is 0.319 e. The molecule has 158 valence electrons. The Bertz CT molecular complexity index is 910. The van der Waals surface area contributed by atoms with Gasteiger partial charge in [0.15, 0.2) is 9.84 Å². The average Bonchev–Trinajstić information content (AvgIpc) is 3.35. The summed E-state index contributed by atoms with van der Waals surface area (Å²) in [5.74, 6) is 0. The summed E-state index contributed by atoms with van der Waals surface area (Å²) in [6.45, 7) is 6.81. The number of aromatic nitrogens is 2. The number of carbonyl (C=O) groups is 1. The minimum Gasteiger partial charge on any atom is -0.335 e. The first kappa shape index (κ1) is 21.4. The minimum absolute atomic E-state index is 0.112. The Morgan fingerprint density at radius 1 is 1.21 bits per heavy atom. The van der Waals surface area contributed by atoms with Gasteiger partial charge in [-0.1, -0.05) is 33.6 Å². The van der Waals surface area contributed by atoms with Crippen molar-refractivity contribution >= 4 is 21.6 Å². The zero-order valence-corrected chi connectivity index (χ0v) is 18.1. The number of hydrogen-bond donors (Lipinski definition) is 2. The number of nitrogens with zero attached hydrogens (tertiary/aromatic N) is 2. The molecule has 1 aromatic heterocycles. The van der Waals surface area contributed by atoms with Gasteiger partial charge in [-0.05, 0) is 42.5 Å². The number of rotatable bonds is 6. The third-order valence-electron chi connectivity index (χ3n) is 5.49. The largest absolute Gasteiger partial charge is 0.335 e. The Labute approximate surface area is 172 Å². The molecule has 0 spiro atoms. The van der Waals surface area contributed by atoms with Crippen LogP contribution in [0.1, 0.15) is 46.5 Å². The van der Waals surface area contributed by atoms with E-state index in [1.807, 2.05) is 10.8 Å². The highest BCUT2D eigenvalue weighted by molar-refractivity contribution is 7.92.